The van der Waals surface area contributed by atoms with Crippen molar-refractivity contribution < 1.29 is 22.7 Å². The normalized spacial score (nSPS) is 17.6. The minimum Gasteiger partial charge on any atom is -0.494 e. The van der Waals surface area contributed by atoms with Crippen molar-refractivity contribution in [2.75, 3.05) is 57.0 Å². The zero-order valence-corrected chi connectivity index (χ0v) is 21.7. The molecule has 0 saturated carbocycles. The lowest BCUT2D eigenvalue weighted by atomic mass is 10.1. The fourth-order valence-electron chi connectivity index (χ4n) is 4.72. The van der Waals surface area contributed by atoms with Gasteiger partial charge in [0.1, 0.15) is 12.3 Å². The van der Waals surface area contributed by atoms with Crippen molar-refractivity contribution in [2.24, 2.45) is 0 Å². The monoisotopic (exact) mass is 513 g/mol. The highest BCUT2D eigenvalue weighted by Gasteiger charge is 2.29. The van der Waals surface area contributed by atoms with Crippen LogP contribution in [0.2, 0.25) is 0 Å². The number of hydrogen-bond donors (Lipinski definition) is 0. The molecule has 0 aliphatic carbocycles. The predicted molar refractivity (Wildman–Crippen MR) is 139 cm³/mol. The van der Waals surface area contributed by atoms with Crippen LogP contribution in [0.15, 0.2) is 53.4 Å². The minimum absolute atomic E-state index is 0.0588. The molecular formula is C27H35N3O5S. The van der Waals surface area contributed by atoms with E-state index in [2.05, 4.69) is 4.90 Å². The van der Waals surface area contributed by atoms with Crippen LogP contribution in [0.1, 0.15) is 42.5 Å². The van der Waals surface area contributed by atoms with Gasteiger partial charge < -0.3 is 19.4 Å². The number of sulfone groups is 1. The van der Waals surface area contributed by atoms with E-state index < -0.39 is 9.84 Å². The fourth-order valence-corrected chi connectivity index (χ4v) is 5.39. The van der Waals surface area contributed by atoms with E-state index in [4.69, 9.17) is 4.74 Å². The molecule has 0 unspecified atom stereocenters. The van der Waals surface area contributed by atoms with Crippen LogP contribution in [0.25, 0.3) is 0 Å². The summed E-state index contributed by atoms with van der Waals surface area (Å²) in [5.41, 5.74) is 1.03. The summed E-state index contributed by atoms with van der Waals surface area (Å²) >= 11 is 0. The Bertz CT molecular complexity index is 1160. The summed E-state index contributed by atoms with van der Waals surface area (Å²) in [7, 11) is -3.42. The molecular weight excluding hydrogens is 478 g/mol. The zero-order valence-electron chi connectivity index (χ0n) is 20.9. The van der Waals surface area contributed by atoms with E-state index in [1.54, 1.807) is 17.0 Å². The Balaban J connectivity index is 1.27. The van der Waals surface area contributed by atoms with Crippen LogP contribution in [0, 0.1) is 0 Å². The standard InChI is InChI=1S/C27H35N3O5S/c1-36(33,34)25-9-6-8-22(20-25)27(32)29-17-18-30(26(31)21-29)23-10-12-24(13-11-23)35-19-7-16-28-14-4-2-3-5-15-28/h6,8-13,20H,2-5,7,14-19,21H2,1H3. The van der Waals surface area contributed by atoms with Gasteiger partial charge in [0.2, 0.25) is 5.91 Å². The number of carbonyl (C=O) groups excluding carboxylic acids is 2. The summed E-state index contributed by atoms with van der Waals surface area (Å²) in [4.78, 5) is 31.5. The van der Waals surface area contributed by atoms with Gasteiger partial charge >= 0.3 is 0 Å². The van der Waals surface area contributed by atoms with Gasteiger partial charge in [0.15, 0.2) is 9.84 Å². The Kier molecular flexibility index (Phi) is 8.64. The first kappa shape index (κ1) is 26.2. The quantitative estimate of drug-likeness (QED) is 0.504. The maximum atomic E-state index is 12.9. The van der Waals surface area contributed by atoms with Gasteiger partial charge in [-0.25, -0.2) is 8.42 Å². The molecule has 0 spiro atoms. The zero-order chi connectivity index (χ0) is 25.5. The van der Waals surface area contributed by atoms with Gasteiger partial charge in [-0.05, 0) is 74.8 Å². The molecule has 9 heteroatoms. The Hall–Kier alpha value is -2.91. The summed E-state index contributed by atoms with van der Waals surface area (Å²) in [6.45, 7) is 4.78. The predicted octanol–water partition coefficient (Wildman–Crippen LogP) is 3.22. The number of piperazine rings is 1. The average Bonchev–Trinajstić information content (AvgIpc) is 3.15. The van der Waals surface area contributed by atoms with Crippen molar-refractivity contribution in [3.63, 3.8) is 0 Å². The molecule has 8 nitrogen and oxygen atoms in total. The first-order chi connectivity index (χ1) is 17.3. The Labute approximate surface area is 213 Å². The molecule has 0 bridgehead atoms. The second kappa shape index (κ2) is 11.9. The Morgan fingerprint density at radius 1 is 0.944 bits per heavy atom. The number of rotatable bonds is 8. The summed E-state index contributed by atoms with van der Waals surface area (Å²) in [5.74, 6) is 0.249. The maximum absolute atomic E-state index is 12.9. The highest BCUT2D eigenvalue weighted by atomic mass is 32.2. The molecule has 2 heterocycles. The molecule has 36 heavy (non-hydrogen) atoms. The lowest BCUT2D eigenvalue weighted by Crippen LogP contribution is -2.52. The van der Waals surface area contributed by atoms with Crippen molar-refractivity contribution in [1.82, 2.24) is 9.80 Å². The van der Waals surface area contributed by atoms with Gasteiger partial charge in [-0.3, -0.25) is 9.59 Å². The molecule has 2 fully saturated rings. The molecule has 2 amide bonds. The molecule has 2 saturated heterocycles. The number of anilines is 1. The maximum Gasteiger partial charge on any atom is 0.254 e. The van der Waals surface area contributed by atoms with Crippen LogP contribution >= 0.6 is 0 Å². The largest absolute Gasteiger partial charge is 0.494 e. The van der Waals surface area contributed by atoms with E-state index in [0.29, 0.717) is 19.7 Å². The topological polar surface area (TPSA) is 87.2 Å². The van der Waals surface area contributed by atoms with Gasteiger partial charge in [0, 0.05) is 37.1 Å². The molecule has 2 aliphatic rings. The lowest BCUT2D eigenvalue weighted by molar-refractivity contribution is -0.120. The third-order valence-corrected chi connectivity index (χ3v) is 7.86. The SMILES string of the molecule is CS(=O)(=O)c1cccc(C(=O)N2CCN(c3ccc(OCCCN4CCCCCC4)cc3)C(=O)C2)c1. The average molecular weight is 514 g/mol. The molecule has 0 N–H and O–H groups in total. The molecule has 0 radical (unpaired) electrons. The number of likely N-dealkylation sites (tertiary alicyclic amines) is 1. The fraction of sp³-hybridized carbons (Fsp3) is 0.481. The van der Waals surface area contributed by atoms with Crippen LogP contribution < -0.4 is 9.64 Å². The summed E-state index contributed by atoms with van der Waals surface area (Å²) < 4.78 is 29.5. The van der Waals surface area contributed by atoms with Crippen LogP contribution in [-0.4, -0.2) is 82.2 Å². The van der Waals surface area contributed by atoms with Crippen molar-refractivity contribution in [1.29, 1.82) is 0 Å². The highest BCUT2D eigenvalue weighted by molar-refractivity contribution is 7.90. The third kappa shape index (κ3) is 6.85. The van der Waals surface area contributed by atoms with Gasteiger partial charge in [0.25, 0.3) is 5.91 Å². The minimum atomic E-state index is -3.42. The van der Waals surface area contributed by atoms with E-state index in [-0.39, 0.29) is 28.8 Å². The summed E-state index contributed by atoms with van der Waals surface area (Å²) in [6, 6.07) is 13.4. The van der Waals surface area contributed by atoms with Gasteiger partial charge in [0.05, 0.1) is 11.5 Å². The van der Waals surface area contributed by atoms with Gasteiger partial charge in [-0.1, -0.05) is 18.9 Å². The molecule has 4 rings (SSSR count). The van der Waals surface area contributed by atoms with E-state index in [0.717, 1.165) is 30.7 Å². The third-order valence-electron chi connectivity index (χ3n) is 6.75. The van der Waals surface area contributed by atoms with Crippen LogP contribution in [0.4, 0.5) is 5.69 Å². The number of hydrogen-bond acceptors (Lipinski definition) is 6. The molecule has 0 atom stereocenters. The van der Waals surface area contributed by atoms with Crippen molar-refractivity contribution >= 4 is 27.3 Å². The number of ether oxygens (including phenoxy) is 1. The molecule has 0 aromatic heterocycles. The van der Waals surface area contributed by atoms with Crippen LogP contribution in [-0.2, 0) is 14.6 Å². The van der Waals surface area contributed by atoms with Gasteiger partial charge in [-0.15, -0.1) is 0 Å². The first-order valence-electron chi connectivity index (χ1n) is 12.7. The van der Waals surface area contributed by atoms with Crippen molar-refractivity contribution in [2.45, 2.75) is 37.0 Å². The number of nitrogens with zero attached hydrogens (tertiary/aromatic N) is 3. The van der Waals surface area contributed by atoms with E-state index in [9.17, 15) is 18.0 Å². The van der Waals surface area contributed by atoms with E-state index >= 15 is 0 Å². The molecule has 2 aliphatic heterocycles. The number of carbonyl (C=O) groups is 2. The smallest absolute Gasteiger partial charge is 0.254 e. The molecule has 2 aromatic rings. The Morgan fingerprint density at radius 2 is 1.67 bits per heavy atom. The van der Waals surface area contributed by atoms with E-state index in [1.807, 2.05) is 24.3 Å². The summed E-state index contributed by atoms with van der Waals surface area (Å²) in [6.07, 6.45) is 7.35. The van der Waals surface area contributed by atoms with Crippen LogP contribution in [0.5, 0.6) is 5.75 Å². The van der Waals surface area contributed by atoms with Crippen LogP contribution in [0.3, 0.4) is 0 Å². The molecule has 194 valence electrons. The highest BCUT2D eigenvalue weighted by Crippen LogP contribution is 2.23. The lowest BCUT2D eigenvalue weighted by Gasteiger charge is -2.34. The molecule has 2 aromatic carbocycles. The van der Waals surface area contributed by atoms with Crippen molar-refractivity contribution in [3.8, 4) is 5.75 Å². The number of amides is 2. The van der Waals surface area contributed by atoms with E-state index in [1.165, 1.54) is 55.8 Å². The second-order valence-corrected chi connectivity index (χ2v) is 11.5. The summed E-state index contributed by atoms with van der Waals surface area (Å²) in [5, 5.41) is 0. The Morgan fingerprint density at radius 3 is 2.33 bits per heavy atom. The second-order valence-electron chi connectivity index (χ2n) is 9.52. The van der Waals surface area contributed by atoms with Crippen molar-refractivity contribution in [3.05, 3.63) is 54.1 Å². The first-order valence-corrected chi connectivity index (χ1v) is 14.6. The number of benzene rings is 2. The van der Waals surface area contributed by atoms with Gasteiger partial charge in [-0.2, -0.15) is 0 Å².